The Morgan fingerprint density at radius 3 is 1.80 bits per heavy atom. The molecule has 1 spiro atoms. The topological polar surface area (TPSA) is 38.7 Å². The van der Waals surface area contributed by atoms with Gasteiger partial charge in [0.25, 0.3) is 0 Å². The molecule has 0 bridgehead atoms. The first kappa shape index (κ1) is 22.4. The van der Waals surface area contributed by atoms with Crippen LogP contribution < -0.4 is 0 Å². The second kappa shape index (κ2) is 8.30. The molecule has 41 heavy (non-hydrogen) atoms. The Kier molecular flexibility index (Phi) is 4.53. The lowest BCUT2D eigenvalue weighted by atomic mass is 9.70. The van der Waals surface area contributed by atoms with Gasteiger partial charge in [-0.05, 0) is 62.7 Å². The van der Waals surface area contributed by atoms with Gasteiger partial charge in [-0.25, -0.2) is 9.97 Å². The van der Waals surface area contributed by atoms with Crippen LogP contribution >= 0.6 is 0 Å². The molecule has 7 aromatic rings. The monoisotopic (exact) mass is 521 g/mol. The molecule has 0 radical (unpaired) electrons. The predicted octanol–water partition coefficient (Wildman–Crippen LogP) is 8.70. The van der Waals surface area contributed by atoms with E-state index in [0.29, 0.717) is 0 Å². The van der Waals surface area contributed by atoms with E-state index in [4.69, 9.17) is 9.97 Å². The molecule has 0 N–H and O–H groups in total. The summed E-state index contributed by atoms with van der Waals surface area (Å²) in [6, 6.07) is 45.6. The van der Waals surface area contributed by atoms with Gasteiger partial charge in [-0.15, -0.1) is 0 Å². The summed E-state index contributed by atoms with van der Waals surface area (Å²) >= 11 is 0. The highest BCUT2D eigenvalue weighted by molar-refractivity contribution is 6.00. The summed E-state index contributed by atoms with van der Waals surface area (Å²) in [6.07, 6.45) is 3.68. The maximum absolute atomic E-state index is 5.24. The molecule has 0 unspecified atom stereocenters. The fraction of sp³-hybridized carbons (Fsp3) is 0.0263. The van der Waals surface area contributed by atoms with E-state index < -0.39 is 5.41 Å². The Morgan fingerprint density at radius 1 is 0.463 bits per heavy atom. The van der Waals surface area contributed by atoms with Gasteiger partial charge in [-0.1, -0.05) is 109 Å². The van der Waals surface area contributed by atoms with Gasteiger partial charge in [-0.3, -0.25) is 4.98 Å². The van der Waals surface area contributed by atoms with Crippen LogP contribution in [0.1, 0.15) is 22.3 Å². The van der Waals surface area contributed by atoms with E-state index in [1.165, 1.54) is 44.5 Å². The third-order valence-electron chi connectivity index (χ3n) is 8.80. The Balaban J connectivity index is 1.39. The van der Waals surface area contributed by atoms with Gasteiger partial charge in [0.1, 0.15) is 0 Å². The Labute approximate surface area is 237 Å². The minimum atomic E-state index is -0.391. The maximum Gasteiger partial charge on any atom is 0.161 e. The third kappa shape index (κ3) is 2.90. The van der Waals surface area contributed by atoms with E-state index in [1.54, 1.807) is 6.20 Å². The standard InChI is InChI=1S/C38H23N3/c1-5-17-30-25(12-1)26-13-2-6-18-31(26)38(30)32-19-7-3-14-27(32)35-29(16-9-20-33(35)38)37-40-34-21-8-4-15-28(34)36(41-37)24-11-10-22-39-23-24/h1-23H. The number of pyridine rings is 1. The van der Waals surface area contributed by atoms with Crippen molar-refractivity contribution in [1.82, 2.24) is 15.0 Å². The molecular weight excluding hydrogens is 498 g/mol. The number of benzene rings is 5. The van der Waals surface area contributed by atoms with Crippen LogP contribution in [0.3, 0.4) is 0 Å². The Morgan fingerprint density at radius 2 is 1.07 bits per heavy atom. The first-order chi connectivity index (χ1) is 20.4. The minimum absolute atomic E-state index is 0.391. The molecule has 5 aromatic carbocycles. The lowest BCUT2D eigenvalue weighted by molar-refractivity contribution is 0.794. The van der Waals surface area contributed by atoms with E-state index in [0.717, 1.165) is 33.5 Å². The van der Waals surface area contributed by atoms with Crippen molar-refractivity contribution >= 4 is 10.9 Å². The maximum atomic E-state index is 5.24. The molecule has 2 aromatic heterocycles. The van der Waals surface area contributed by atoms with Crippen LogP contribution in [0.15, 0.2) is 140 Å². The van der Waals surface area contributed by atoms with Crippen molar-refractivity contribution in [3.63, 3.8) is 0 Å². The van der Waals surface area contributed by atoms with E-state index in [1.807, 2.05) is 24.4 Å². The van der Waals surface area contributed by atoms with E-state index >= 15 is 0 Å². The van der Waals surface area contributed by atoms with E-state index in [2.05, 4.69) is 114 Å². The molecule has 3 heteroatoms. The molecule has 2 heterocycles. The minimum Gasteiger partial charge on any atom is -0.264 e. The fourth-order valence-electron chi connectivity index (χ4n) is 7.25. The first-order valence-corrected chi connectivity index (χ1v) is 14.0. The van der Waals surface area contributed by atoms with Crippen LogP contribution in [0.2, 0.25) is 0 Å². The van der Waals surface area contributed by atoms with Crippen molar-refractivity contribution in [2.75, 3.05) is 0 Å². The first-order valence-electron chi connectivity index (χ1n) is 14.0. The predicted molar refractivity (Wildman–Crippen MR) is 165 cm³/mol. The molecule has 0 fully saturated rings. The second-order valence-corrected chi connectivity index (χ2v) is 10.8. The number of rotatable bonds is 2. The zero-order chi connectivity index (χ0) is 27.0. The summed E-state index contributed by atoms with van der Waals surface area (Å²) in [5.74, 6) is 0.728. The van der Waals surface area contributed by atoms with E-state index in [-0.39, 0.29) is 0 Å². The molecule has 0 amide bonds. The molecule has 2 aliphatic carbocycles. The molecule has 9 rings (SSSR count). The number of aromatic nitrogens is 3. The van der Waals surface area contributed by atoms with Crippen molar-refractivity contribution in [2.45, 2.75) is 5.41 Å². The van der Waals surface area contributed by atoms with Gasteiger partial charge in [0, 0.05) is 28.9 Å². The van der Waals surface area contributed by atoms with Crippen molar-refractivity contribution in [1.29, 1.82) is 0 Å². The molecule has 190 valence electrons. The van der Waals surface area contributed by atoms with Gasteiger partial charge in [0.2, 0.25) is 0 Å². The third-order valence-corrected chi connectivity index (χ3v) is 8.80. The number of hydrogen-bond acceptors (Lipinski definition) is 3. The zero-order valence-electron chi connectivity index (χ0n) is 22.1. The van der Waals surface area contributed by atoms with Crippen molar-refractivity contribution < 1.29 is 0 Å². The number of fused-ring (bicyclic) bond motifs is 11. The molecule has 0 saturated carbocycles. The molecule has 0 saturated heterocycles. The molecular formula is C38H23N3. The number of para-hydroxylation sites is 1. The molecule has 0 aliphatic heterocycles. The average molecular weight is 522 g/mol. The van der Waals surface area contributed by atoms with Crippen molar-refractivity contribution in [3.05, 3.63) is 162 Å². The summed E-state index contributed by atoms with van der Waals surface area (Å²) in [5.41, 5.74) is 13.8. The zero-order valence-corrected chi connectivity index (χ0v) is 22.1. The summed E-state index contributed by atoms with van der Waals surface area (Å²) in [7, 11) is 0. The van der Waals surface area contributed by atoms with Gasteiger partial charge >= 0.3 is 0 Å². The van der Waals surface area contributed by atoms with Crippen LogP contribution in [-0.4, -0.2) is 15.0 Å². The second-order valence-electron chi connectivity index (χ2n) is 10.8. The van der Waals surface area contributed by atoms with Gasteiger partial charge in [-0.2, -0.15) is 0 Å². The van der Waals surface area contributed by atoms with Gasteiger partial charge in [0.05, 0.1) is 16.6 Å². The largest absolute Gasteiger partial charge is 0.264 e. The van der Waals surface area contributed by atoms with Crippen LogP contribution in [-0.2, 0) is 5.41 Å². The van der Waals surface area contributed by atoms with Crippen LogP contribution in [0, 0.1) is 0 Å². The normalized spacial score (nSPS) is 13.6. The molecule has 3 nitrogen and oxygen atoms in total. The quantitative estimate of drug-likeness (QED) is 0.228. The van der Waals surface area contributed by atoms with Crippen LogP contribution in [0.25, 0.3) is 55.8 Å². The number of hydrogen-bond donors (Lipinski definition) is 0. The fourth-order valence-corrected chi connectivity index (χ4v) is 7.25. The van der Waals surface area contributed by atoms with Gasteiger partial charge < -0.3 is 0 Å². The SMILES string of the molecule is c1cncc(-c2nc(-c3cccc4c3-c3ccccc3C43c4ccccc4-c4ccccc43)nc3ccccc23)c1. The highest BCUT2D eigenvalue weighted by Gasteiger charge is 2.52. The Hall–Kier alpha value is -5.41. The highest BCUT2D eigenvalue weighted by atomic mass is 14.9. The van der Waals surface area contributed by atoms with Crippen molar-refractivity contribution in [3.8, 4) is 44.9 Å². The van der Waals surface area contributed by atoms with Crippen LogP contribution in [0.4, 0.5) is 0 Å². The number of nitrogens with zero attached hydrogens (tertiary/aromatic N) is 3. The van der Waals surface area contributed by atoms with Gasteiger partial charge in [0.15, 0.2) is 5.82 Å². The smallest absolute Gasteiger partial charge is 0.161 e. The van der Waals surface area contributed by atoms with Crippen molar-refractivity contribution in [2.24, 2.45) is 0 Å². The average Bonchev–Trinajstić information content (AvgIpc) is 3.52. The highest BCUT2D eigenvalue weighted by Crippen LogP contribution is 2.63. The molecule has 0 atom stereocenters. The lowest BCUT2D eigenvalue weighted by Gasteiger charge is -2.30. The van der Waals surface area contributed by atoms with E-state index in [9.17, 15) is 0 Å². The molecule has 2 aliphatic rings. The van der Waals surface area contributed by atoms with Crippen LogP contribution in [0.5, 0.6) is 0 Å². The Bertz CT molecular complexity index is 2120. The summed E-state index contributed by atoms with van der Waals surface area (Å²) in [5, 5.41) is 1.02. The lowest BCUT2D eigenvalue weighted by Crippen LogP contribution is -2.25. The summed E-state index contributed by atoms with van der Waals surface area (Å²) < 4.78 is 0. The summed E-state index contributed by atoms with van der Waals surface area (Å²) in [4.78, 5) is 14.8. The summed E-state index contributed by atoms with van der Waals surface area (Å²) in [6.45, 7) is 0.